The van der Waals surface area contributed by atoms with Crippen LogP contribution in [0.4, 0.5) is 13.2 Å². The molecule has 0 radical (unpaired) electrons. The van der Waals surface area contributed by atoms with Crippen LogP contribution in [0.2, 0.25) is 5.02 Å². The van der Waals surface area contributed by atoms with Crippen LogP contribution in [-0.4, -0.2) is 38.9 Å². The highest BCUT2D eigenvalue weighted by atomic mass is 127. The molecule has 5 nitrogen and oxygen atoms in total. The Hall–Kier alpha value is -1.10. The standard InChI is InChI=1S/C14H17ClF3N3O2.HI/c1-19-13(20-3-2-14(16,17)18)21-8-9-6-10(15)12-11(7-9)22-4-5-23-12;/h6-7H,2-5,8H2,1H3,(H2,19,20,21);1H. The molecule has 1 aromatic rings. The van der Waals surface area contributed by atoms with E-state index >= 15 is 0 Å². The Balaban J connectivity index is 0.00000288. The van der Waals surface area contributed by atoms with Gasteiger partial charge in [-0.2, -0.15) is 13.2 Å². The van der Waals surface area contributed by atoms with Crippen molar-refractivity contribution in [3.05, 3.63) is 22.7 Å². The van der Waals surface area contributed by atoms with Crippen molar-refractivity contribution in [3.8, 4) is 11.5 Å². The summed E-state index contributed by atoms with van der Waals surface area (Å²) in [4.78, 5) is 3.87. The fourth-order valence-corrected chi connectivity index (χ4v) is 2.28. The van der Waals surface area contributed by atoms with Crippen molar-refractivity contribution in [3.63, 3.8) is 0 Å². The zero-order valence-corrected chi connectivity index (χ0v) is 16.0. The van der Waals surface area contributed by atoms with E-state index in [9.17, 15) is 13.2 Å². The molecule has 0 spiro atoms. The zero-order chi connectivity index (χ0) is 16.9. The summed E-state index contributed by atoms with van der Waals surface area (Å²) in [5.74, 6) is 1.34. The number of guanidine groups is 1. The molecule has 0 bridgehead atoms. The van der Waals surface area contributed by atoms with Crippen LogP contribution < -0.4 is 20.1 Å². The summed E-state index contributed by atoms with van der Waals surface area (Å²) in [6.07, 6.45) is -5.13. The topological polar surface area (TPSA) is 54.9 Å². The number of rotatable bonds is 4. The van der Waals surface area contributed by atoms with E-state index in [0.29, 0.717) is 36.3 Å². The fourth-order valence-electron chi connectivity index (χ4n) is 2.00. The molecule has 0 atom stereocenters. The summed E-state index contributed by atoms with van der Waals surface area (Å²) < 4.78 is 47.3. The average molecular weight is 480 g/mol. The number of nitrogens with one attached hydrogen (secondary N) is 2. The van der Waals surface area contributed by atoms with Crippen LogP contribution in [-0.2, 0) is 6.54 Å². The van der Waals surface area contributed by atoms with Gasteiger partial charge in [0.2, 0.25) is 0 Å². The number of hydrogen-bond donors (Lipinski definition) is 2. The van der Waals surface area contributed by atoms with Crippen LogP contribution in [0.25, 0.3) is 0 Å². The molecule has 0 aromatic heterocycles. The number of alkyl halides is 3. The Kier molecular flexibility index (Phi) is 8.20. The predicted molar refractivity (Wildman–Crippen MR) is 96.7 cm³/mol. The average Bonchev–Trinajstić information content (AvgIpc) is 2.49. The van der Waals surface area contributed by atoms with E-state index in [-0.39, 0.29) is 36.5 Å². The van der Waals surface area contributed by atoms with E-state index < -0.39 is 12.6 Å². The SMILES string of the molecule is CN=C(NCCC(F)(F)F)NCc1cc(Cl)c2c(c1)OCCO2.I. The maximum absolute atomic E-state index is 12.1. The molecule has 1 aromatic carbocycles. The van der Waals surface area contributed by atoms with E-state index in [1.54, 1.807) is 12.1 Å². The van der Waals surface area contributed by atoms with E-state index in [0.717, 1.165) is 5.56 Å². The van der Waals surface area contributed by atoms with Crippen molar-refractivity contribution in [1.29, 1.82) is 0 Å². The van der Waals surface area contributed by atoms with Crippen molar-refractivity contribution in [2.75, 3.05) is 26.8 Å². The van der Waals surface area contributed by atoms with E-state index in [1.807, 2.05) is 0 Å². The highest BCUT2D eigenvalue weighted by Gasteiger charge is 2.26. The highest BCUT2D eigenvalue weighted by molar-refractivity contribution is 14.0. The minimum absolute atomic E-state index is 0. The first kappa shape index (κ1) is 20.9. The van der Waals surface area contributed by atoms with Crippen LogP contribution >= 0.6 is 35.6 Å². The number of fused-ring (bicyclic) bond motifs is 1. The van der Waals surface area contributed by atoms with Crippen LogP contribution in [0.15, 0.2) is 17.1 Å². The molecule has 0 saturated heterocycles. The molecular weight excluding hydrogens is 462 g/mol. The summed E-state index contributed by atoms with van der Waals surface area (Å²) in [6, 6.07) is 3.49. The molecule has 24 heavy (non-hydrogen) atoms. The van der Waals surface area contributed by atoms with Gasteiger partial charge < -0.3 is 20.1 Å². The summed E-state index contributed by atoms with van der Waals surface area (Å²) >= 11 is 6.13. The van der Waals surface area contributed by atoms with Gasteiger partial charge >= 0.3 is 6.18 Å². The second-order valence-electron chi connectivity index (χ2n) is 4.82. The first-order chi connectivity index (χ1) is 10.9. The minimum atomic E-state index is -4.20. The Morgan fingerprint density at radius 2 is 1.96 bits per heavy atom. The number of benzene rings is 1. The predicted octanol–water partition coefficient (Wildman–Crippen LogP) is 3.35. The molecule has 0 fully saturated rings. The van der Waals surface area contributed by atoms with Crippen molar-refractivity contribution in [2.45, 2.75) is 19.1 Å². The second-order valence-corrected chi connectivity index (χ2v) is 5.23. The first-order valence-electron chi connectivity index (χ1n) is 6.98. The van der Waals surface area contributed by atoms with Gasteiger partial charge in [0.05, 0.1) is 11.4 Å². The van der Waals surface area contributed by atoms with Crippen LogP contribution in [0.5, 0.6) is 11.5 Å². The van der Waals surface area contributed by atoms with Gasteiger partial charge in [-0.3, -0.25) is 4.99 Å². The quantitative estimate of drug-likeness (QED) is 0.395. The molecule has 2 rings (SSSR count). The largest absolute Gasteiger partial charge is 0.486 e. The molecule has 136 valence electrons. The molecular formula is C14H18ClF3IN3O2. The van der Waals surface area contributed by atoms with E-state index in [4.69, 9.17) is 21.1 Å². The molecule has 0 amide bonds. The van der Waals surface area contributed by atoms with Crippen molar-refractivity contribution < 1.29 is 22.6 Å². The molecule has 10 heteroatoms. The third-order valence-electron chi connectivity index (χ3n) is 3.04. The van der Waals surface area contributed by atoms with Gasteiger partial charge in [-0.25, -0.2) is 0 Å². The van der Waals surface area contributed by atoms with E-state index in [1.165, 1.54) is 7.05 Å². The second kappa shape index (κ2) is 9.40. The smallest absolute Gasteiger partial charge is 0.390 e. The van der Waals surface area contributed by atoms with Gasteiger partial charge in [0, 0.05) is 20.1 Å². The number of nitrogens with zero attached hydrogens (tertiary/aromatic N) is 1. The Morgan fingerprint density at radius 1 is 1.25 bits per heavy atom. The lowest BCUT2D eigenvalue weighted by Crippen LogP contribution is -2.38. The number of hydrogen-bond acceptors (Lipinski definition) is 3. The van der Waals surface area contributed by atoms with Gasteiger partial charge in [-0.1, -0.05) is 11.6 Å². The summed E-state index contributed by atoms with van der Waals surface area (Å²) in [5, 5.41) is 5.96. The van der Waals surface area contributed by atoms with Gasteiger partial charge in [0.1, 0.15) is 13.2 Å². The lowest BCUT2D eigenvalue weighted by Gasteiger charge is -2.20. The normalized spacial score (nSPS) is 14.0. The highest BCUT2D eigenvalue weighted by Crippen LogP contribution is 2.38. The molecule has 2 N–H and O–H groups in total. The van der Waals surface area contributed by atoms with Crippen LogP contribution in [0.1, 0.15) is 12.0 Å². The Labute approximate surface area is 160 Å². The Bertz CT molecular complexity index is 585. The molecule has 0 unspecified atom stereocenters. The number of aliphatic imine (C=N–C) groups is 1. The zero-order valence-electron chi connectivity index (χ0n) is 12.9. The van der Waals surface area contributed by atoms with Gasteiger partial charge in [0.25, 0.3) is 0 Å². The maximum Gasteiger partial charge on any atom is 0.390 e. The van der Waals surface area contributed by atoms with Crippen LogP contribution in [0, 0.1) is 0 Å². The third-order valence-corrected chi connectivity index (χ3v) is 3.32. The molecule has 1 aliphatic rings. The maximum atomic E-state index is 12.1. The molecule has 0 saturated carbocycles. The summed E-state index contributed by atoms with van der Waals surface area (Å²) in [5.41, 5.74) is 0.804. The summed E-state index contributed by atoms with van der Waals surface area (Å²) in [6.45, 7) is 0.980. The summed E-state index contributed by atoms with van der Waals surface area (Å²) in [7, 11) is 1.49. The van der Waals surface area contributed by atoms with Crippen molar-refractivity contribution >= 4 is 41.5 Å². The van der Waals surface area contributed by atoms with Crippen molar-refractivity contribution in [2.24, 2.45) is 4.99 Å². The number of halogens is 5. The third kappa shape index (κ3) is 6.42. The van der Waals surface area contributed by atoms with Gasteiger partial charge in [-0.15, -0.1) is 24.0 Å². The minimum Gasteiger partial charge on any atom is -0.486 e. The van der Waals surface area contributed by atoms with Gasteiger partial charge in [0.15, 0.2) is 17.5 Å². The fraction of sp³-hybridized carbons (Fsp3) is 0.500. The van der Waals surface area contributed by atoms with E-state index in [2.05, 4.69) is 15.6 Å². The Morgan fingerprint density at radius 3 is 2.62 bits per heavy atom. The number of ether oxygens (including phenoxy) is 2. The first-order valence-corrected chi connectivity index (χ1v) is 7.36. The molecule has 1 aliphatic heterocycles. The monoisotopic (exact) mass is 479 g/mol. The van der Waals surface area contributed by atoms with Gasteiger partial charge in [-0.05, 0) is 17.7 Å². The molecule has 1 heterocycles. The lowest BCUT2D eigenvalue weighted by molar-refractivity contribution is -0.132. The lowest BCUT2D eigenvalue weighted by atomic mass is 10.2. The van der Waals surface area contributed by atoms with Crippen LogP contribution in [0.3, 0.4) is 0 Å². The van der Waals surface area contributed by atoms with Crippen molar-refractivity contribution in [1.82, 2.24) is 10.6 Å². The molecule has 0 aliphatic carbocycles.